The van der Waals surface area contributed by atoms with E-state index in [-0.39, 0.29) is 11.6 Å². The first kappa shape index (κ1) is 14.5. The molecule has 1 fully saturated rings. The van der Waals surface area contributed by atoms with Crippen LogP contribution in [0.15, 0.2) is 18.2 Å². The molecule has 3 heteroatoms. The Bertz CT molecular complexity index is 442. The molecule has 106 valence electrons. The zero-order valence-corrected chi connectivity index (χ0v) is 12.6. The summed E-state index contributed by atoms with van der Waals surface area (Å²) >= 11 is 0. The molecule has 0 spiro atoms. The molecule has 1 unspecified atom stereocenters. The number of aryl methyl sites for hydroxylation is 2. The molecule has 0 aromatic heterocycles. The van der Waals surface area contributed by atoms with E-state index in [4.69, 9.17) is 10.5 Å². The fourth-order valence-electron chi connectivity index (χ4n) is 2.72. The summed E-state index contributed by atoms with van der Waals surface area (Å²) in [6, 6.07) is 6.59. The fourth-order valence-corrected chi connectivity index (χ4v) is 2.72. The molecular weight excluding hydrogens is 236 g/mol. The number of ether oxygens (including phenoxy) is 1. The summed E-state index contributed by atoms with van der Waals surface area (Å²) < 4.78 is 5.56. The van der Waals surface area contributed by atoms with Gasteiger partial charge in [0.1, 0.15) is 0 Å². The van der Waals surface area contributed by atoms with E-state index in [2.05, 4.69) is 50.8 Å². The van der Waals surface area contributed by atoms with Gasteiger partial charge in [0.15, 0.2) is 0 Å². The standard InChI is InChI=1S/C16H26N2O/c1-12-5-6-13(2)14(9-12)15(17)10-18-7-8-19-11-16(18,3)4/h5-6,9,15H,7-8,10-11,17H2,1-4H3. The predicted octanol–water partition coefficient (Wildman–Crippen LogP) is 2.41. The van der Waals surface area contributed by atoms with Crippen molar-refractivity contribution in [3.8, 4) is 0 Å². The summed E-state index contributed by atoms with van der Waals surface area (Å²) in [6.07, 6.45) is 0. The van der Waals surface area contributed by atoms with Crippen LogP contribution in [0.25, 0.3) is 0 Å². The Hall–Kier alpha value is -0.900. The number of rotatable bonds is 3. The highest BCUT2D eigenvalue weighted by Crippen LogP contribution is 2.24. The largest absolute Gasteiger partial charge is 0.378 e. The van der Waals surface area contributed by atoms with Crippen molar-refractivity contribution in [1.82, 2.24) is 4.90 Å². The van der Waals surface area contributed by atoms with Crippen LogP contribution in [0.2, 0.25) is 0 Å². The van der Waals surface area contributed by atoms with Crippen LogP contribution < -0.4 is 5.73 Å². The van der Waals surface area contributed by atoms with Crippen LogP contribution in [0, 0.1) is 13.8 Å². The third-order valence-corrected chi connectivity index (χ3v) is 4.07. The molecule has 3 nitrogen and oxygen atoms in total. The summed E-state index contributed by atoms with van der Waals surface area (Å²) in [6.45, 7) is 12.2. The zero-order chi connectivity index (χ0) is 14.0. The van der Waals surface area contributed by atoms with Crippen molar-refractivity contribution < 1.29 is 4.74 Å². The second kappa shape index (κ2) is 5.61. The lowest BCUT2D eigenvalue weighted by Crippen LogP contribution is -2.54. The summed E-state index contributed by atoms with van der Waals surface area (Å²) in [4.78, 5) is 2.45. The third kappa shape index (κ3) is 3.35. The number of morpholine rings is 1. The van der Waals surface area contributed by atoms with Crippen LogP contribution in [-0.2, 0) is 4.74 Å². The minimum absolute atomic E-state index is 0.0669. The van der Waals surface area contributed by atoms with E-state index >= 15 is 0 Å². The van der Waals surface area contributed by atoms with Gasteiger partial charge in [-0.2, -0.15) is 0 Å². The Morgan fingerprint density at radius 3 is 2.79 bits per heavy atom. The number of nitrogens with zero attached hydrogens (tertiary/aromatic N) is 1. The van der Waals surface area contributed by atoms with Gasteiger partial charge in [0, 0.05) is 24.7 Å². The molecule has 1 aromatic rings. The Morgan fingerprint density at radius 1 is 1.37 bits per heavy atom. The van der Waals surface area contributed by atoms with E-state index in [1.807, 2.05) is 0 Å². The van der Waals surface area contributed by atoms with Gasteiger partial charge in [-0.1, -0.05) is 23.8 Å². The van der Waals surface area contributed by atoms with Gasteiger partial charge in [-0.3, -0.25) is 4.90 Å². The molecular formula is C16H26N2O. The fraction of sp³-hybridized carbons (Fsp3) is 0.625. The van der Waals surface area contributed by atoms with Crippen molar-refractivity contribution in [1.29, 1.82) is 0 Å². The maximum atomic E-state index is 6.43. The smallest absolute Gasteiger partial charge is 0.0645 e. The van der Waals surface area contributed by atoms with E-state index in [9.17, 15) is 0 Å². The normalized spacial score (nSPS) is 21.3. The lowest BCUT2D eigenvalue weighted by molar-refractivity contribution is -0.0531. The molecule has 2 N–H and O–H groups in total. The summed E-state index contributed by atoms with van der Waals surface area (Å²) in [7, 11) is 0. The average Bonchev–Trinajstić information content (AvgIpc) is 2.34. The second-order valence-corrected chi connectivity index (χ2v) is 6.28. The number of hydrogen-bond donors (Lipinski definition) is 1. The molecule has 0 amide bonds. The molecule has 1 heterocycles. The van der Waals surface area contributed by atoms with Crippen molar-refractivity contribution in [2.75, 3.05) is 26.3 Å². The molecule has 1 atom stereocenters. The van der Waals surface area contributed by atoms with Gasteiger partial charge in [0.05, 0.1) is 13.2 Å². The summed E-state index contributed by atoms with van der Waals surface area (Å²) in [5.41, 5.74) is 10.3. The first-order valence-corrected chi connectivity index (χ1v) is 7.06. The van der Waals surface area contributed by atoms with Crippen molar-refractivity contribution in [2.45, 2.75) is 39.3 Å². The SMILES string of the molecule is Cc1ccc(C)c(C(N)CN2CCOCC2(C)C)c1. The van der Waals surface area contributed by atoms with Gasteiger partial charge >= 0.3 is 0 Å². The number of benzene rings is 1. The Morgan fingerprint density at radius 2 is 2.11 bits per heavy atom. The lowest BCUT2D eigenvalue weighted by Gasteiger charge is -2.43. The Kier molecular flexibility index (Phi) is 4.29. The predicted molar refractivity (Wildman–Crippen MR) is 79.3 cm³/mol. The van der Waals surface area contributed by atoms with Crippen LogP contribution in [-0.4, -0.2) is 36.7 Å². The van der Waals surface area contributed by atoms with Crippen molar-refractivity contribution in [3.05, 3.63) is 34.9 Å². The van der Waals surface area contributed by atoms with E-state index in [0.717, 1.165) is 26.3 Å². The molecule has 2 rings (SSSR count). The average molecular weight is 262 g/mol. The monoisotopic (exact) mass is 262 g/mol. The molecule has 0 aliphatic carbocycles. The third-order valence-electron chi connectivity index (χ3n) is 4.07. The van der Waals surface area contributed by atoms with Gasteiger partial charge in [0.2, 0.25) is 0 Å². The van der Waals surface area contributed by atoms with Crippen molar-refractivity contribution >= 4 is 0 Å². The highest BCUT2D eigenvalue weighted by molar-refractivity contribution is 5.33. The lowest BCUT2D eigenvalue weighted by atomic mass is 9.96. The molecule has 1 aromatic carbocycles. The minimum Gasteiger partial charge on any atom is -0.378 e. The quantitative estimate of drug-likeness (QED) is 0.909. The maximum absolute atomic E-state index is 6.43. The van der Waals surface area contributed by atoms with Gasteiger partial charge in [-0.15, -0.1) is 0 Å². The topological polar surface area (TPSA) is 38.5 Å². The molecule has 19 heavy (non-hydrogen) atoms. The summed E-state index contributed by atoms with van der Waals surface area (Å²) in [5, 5.41) is 0. The van der Waals surface area contributed by atoms with Crippen molar-refractivity contribution in [2.24, 2.45) is 5.73 Å². The van der Waals surface area contributed by atoms with Gasteiger partial charge < -0.3 is 10.5 Å². The van der Waals surface area contributed by atoms with Crippen LogP contribution in [0.4, 0.5) is 0 Å². The second-order valence-electron chi connectivity index (χ2n) is 6.28. The molecule has 1 saturated heterocycles. The molecule has 0 saturated carbocycles. The first-order valence-electron chi connectivity index (χ1n) is 7.06. The molecule has 1 aliphatic rings. The van der Waals surface area contributed by atoms with Gasteiger partial charge in [-0.25, -0.2) is 0 Å². The highest BCUT2D eigenvalue weighted by Gasteiger charge is 2.31. The van der Waals surface area contributed by atoms with E-state index in [0.29, 0.717) is 0 Å². The summed E-state index contributed by atoms with van der Waals surface area (Å²) in [5.74, 6) is 0. The van der Waals surface area contributed by atoms with E-state index < -0.39 is 0 Å². The molecule has 0 radical (unpaired) electrons. The van der Waals surface area contributed by atoms with Crippen molar-refractivity contribution in [3.63, 3.8) is 0 Å². The Balaban J connectivity index is 2.12. The first-order chi connectivity index (χ1) is 8.90. The van der Waals surface area contributed by atoms with Crippen LogP contribution in [0.3, 0.4) is 0 Å². The van der Waals surface area contributed by atoms with E-state index in [1.165, 1.54) is 16.7 Å². The van der Waals surface area contributed by atoms with Gasteiger partial charge in [0.25, 0.3) is 0 Å². The Labute approximate surface area is 116 Å². The van der Waals surface area contributed by atoms with Crippen LogP contribution >= 0.6 is 0 Å². The zero-order valence-electron chi connectivity index (χ0n) is 12.6. The highest BCUT2D eigenvalue weighted by atomic mass is 16.5. The maximum Gasteiger partial charge on any atom is 0.0645 e. The molecule has 0 bridgehead atoms. The number of hydrogen-bond acceptors (Lipinski definition) is 3. The number of nitrogens with two attached hydrogens (primary N) is 1. The minimum atomic E-state index is 0.0669. The van der Waals surface area contributed by atoms with Gasteiger partial charge in [-0.05, 0) is 38.8 Å². The van der Waals surface area contributed by atoms with Crippen LogP contribution in [0.1, 0.15) is 36.6 Å². The van der Waals surface area contributed by atoms with E-state index in [1.54, 1.807) is 0 Å². The molecule has 1 aliphatic heterocycles. The van der Waals surface area contributed by atoms with Crippen LogP contribution in [0.5, 0.6) is 0 Å².